The molecule has 0 aliphatic heterocycles. The first kappa shape index (κ1) is 13.4. The fourth-order valence-electron chi connectivity index (χ4n) is 1.67. The number of anilines is 1. The van der Waals surface area contributed by atoms with E-state index in [2.05, 4.69) is 0 Å². The van der Waals surface area contributed by atoms with E-state index in [1.54, 1.807) is 17.8 Å². The molecular formula is C13H12ClFN2O2. The number of rotatable bonds is 3. The summed E-state index contributed by atoms with van der Waals surface area (Å²) < 4.78 is 20.1. The Morgan fingerprint density at radius 3 is 2.84 bits per heavy atom. The standard InChI is InChI=1S/C13H12ClFN2O2/c1-17-6-8(16)5-12(17)13(18)19-7-9-10(14)3-2-4-11(9)15/h2-6H,7,16H2,1H3. The van der Waals surface area contributed by atoms with Gasteiger partial charge in [0.05, 0.1) is 10.7 Å². The van der Waals surface area contributed by atoms with Gasteiger partial charge in [-0.15, -0.1) is 0 Å². The van der Waals surface area contributed by atoms with Crippen molar-refractivity contribution in [3.63, 3.8) is 0 Å². The maximum Gasteiger partial charge on any atom is 0.355 e. The molecule has 4 nitrogen and oxygen atoms in total. The first-order valence-electron chi connectivity index (χ1n) is 5.51. The lowest BCUT2D eigenvalue weighted by Crippen LogP contribution is -2.10. The van der Waals surface area contributed by atoms with E-state index in [1.165, 1.54) is 24.3 Å². The quantitative estimate of drug-likeness (QED) is 0.881. The molecule has 0 aliphatic carbocycles. The monoisotopic (exact) mass is 282 g/mol. The molecule has 100 valence electrons. The summed E-state index contributed by atoms with van der Waals surface area (Å²) in [5.74, 6) is -1.09. The Morgan fingerprint density at radius 2 is 2.26 bits per heavy atom. The van der Waals surface area contributed by atoms with Gasteiger partial charge in [0, 0.05) is 18.8 Å². The molecule has 2 aromatic rings. The number of hydrogen-bond acceptors (Lipinski definition) is 3. The summed E-state index contributed by atoms with van der Waals surface area (Å²) in [7, 11) is 1.67. The number of hydrogen-bond donors (Lipinski definition) is 1. The number of nitrogen functional groups attached to an aromatic ring is 1. The van der Waals surface area contributed by atoms with E-state index in [-0.39, 0.29) is 17.2 Å². The van der Waals surface area contributed by atoms with Gasteiger partial charge < -0.3 is 15.0 Å². The van der Waals surface area contributed by atoms with Crippen LogP contribution in [0.25, 0.3) is 0 Å². The molecular weight excluding hydrogens is 271 g/mol. The van der Waals surface area contributed by atoms with Crippen LogP contribution in [0.2, 0.25) is 5.02 Å². The third-order valence-corrected chi connectivity index (χ3v) is 3.00. The van der Waals surface area contributed by atoms with Crippen LogP contribution in [0.1, 0.15) is 16.1 Å². The largest absolute Gasteiger partial charge is 0.456 e. The van der Waals surface area contributed by atoms with E-state index in [0.29, 0.717) is 11.4 Å². The smallest absolute Gasteiger partial charge is 0.355 e. The van der Waals surface area contributed by atoms with E-state index in [1.807, 2.05) is 0 Å². The second-order valence-electron chi connectivity index (χ2n) is 4.05. The van der Waals surface area contributed by atoms with Crippen LogP contribution in [0, 0.1) is 5.82 Å². The minimum absolute atomic E-state index is 0.152. The number of nitrogens with zero attached hydrogens (tertiary/aromatic N) is 1. The van der Waals surface area contributed by atoms with E-state index in [4.69, 9.17) is 22.1 Å². The average molecular weight is 283 g/mol. The minimum atomic E-state index is -0.585. The van der Waals surface area contributed by atoms with Crippen molar-refractivity contribution in [2.75, 3.05) is 5.73 Å². The van der Waals surface area contributed by atoms with Crippen LogP contribution in [0.15, 0.2) is 30.5 Å². The molecule has 1 heterocycles. The number of benzene rings is 1. The van der Waals surface area contributed by atoms with Crippen molar-refractivity contribution in [2.45, 2.75) is 6.61 Å². The third-order valence-electron chi connectivity index (χ3n) is 2.64. The highest BCUT2D eigenvalue weighted by Crippen LogP contribution is 2.20. The number of esters is 1. The molecule has 0 spiro atoms. The Kier molecular flexibility index (Phi) is 3.76. The lowest BCUT2D eigenvalue weighted by molar-refractivity contribution is 0.0458. The molecule has 2 rings (SSSR count). The van der Waals surface area contributed by atoms with Crippen LogP contribution in [-0.2, 0) is 18.4 Å². The van der Waals surface area contributed by atoms with Gasteiger partial charge in [0.1, 0.15) is 18.1 Å². The molecule has 1 aromatic carbocycles. The predicted octanol–water partition coefficient (Wildman–Crippen LogP) is 2.76. The SMILES string of the molecule is Cn1cc(N)cc1C(=O)OCc1c(F)cccc1Cl. The highest BCUT2D eigenvalue weighted by atomic mass is 35.5. The summed E-state index contributed by atoms with van der Waals surface area (Å²) in [6.07, 6.45) is 1.59. The molecule has 6 heteroatoms. The fourth-order valence-corrected chi connectivity index (χ4v) is 1.89. The Morgan fingerprint density at radius 1 is 1.53 bits per heavy atom. The maximum atomic E-state index is 13.5. The van der Waals surface area contributed by atoms with Gasteiger partial charge in [-0.3, -0.25) is 0 Å². The lowest BCUT2D eigenvalue weighted by atomic mass is 10.2. The molecule has 0 atom stereocenters. The van der Waals surface area contributed by atoms with Crippen molar-refractivity contribution in [1.29, 1.82) is 0 Å². The van der Waals surface area contributed by atoms with Crippen LogP contribution in [0.3, 0.4) is 0 Å². The maximum absolute atomic E-state index is 13.5. The fraction of sp³-hybridized carbons (Fsp3) is 0.154. The minimum Gasteiger partial charge on any atom is -0.456 e. The normalized spacial score (nSPS) is 10.5. The van der Waals surface area contributed by atoms with Crippen molar-refractivity contribution in [3.05, 3.63) is 52.6 Å². The van der Waals surface area contributed by atoms with Gasteiger partial charge >= 0.3 is 5.97 Å². The van der Waals surface area contributed by atoms with Gasteiger partial charge in [-0.25, -0.2) is 9.18 Å². The van der Waals surface area contributed by atoms with E-state index in [9.17, 15) is 9.18 Å². The molecule has 1 aromatic heterocycles. The topological polar surface area (TPSA) is 57.2 Å². The van der Waals surface area contributed by atoms with Crippen molar-refractivity contribution >= 4 is 23.3 Å². The molecule has 0 unspecified atom stereocenters. The summed E-state index contributed by atoms with van der Waals surface area (Å²) in [6.45, 7) is -0.227. The molecule has 0 aliphatic rings. The molecule has 0 fully saturated rings. The number of carbonyl (C=O) groups excluding carboxylic acids is 1. The zero-order valence-electron chi connectivity index (χ0n) is 10.2. The van der Waals surface area contributed by atoms with Crippen molar-refractivity contribution in [1.82, 2.24) is 4.57 Å². The Bertz CT molecular complexity index is 605. The van der Waals surface area contributed by atoms with Gasteiger partial charge in [-0.2, -0.15) is 0 Å². The second-order valence-corrected chi connectivity index (χ2v) is 4.45. The number of aryl methyl sites for hydroxylation is 1. The van der Waals surface area contributed by atoms with Crippen LogP contribution < -0.4 is 5.73 Å². The highest BCUT2D eigenvalue weighted by molar-refractivity contribution is 6.31. The molecule has 0 amide bonds. The summed E-state index contributed by atoms with van der Waals surface area (Å²) in [5.41, 5.74) is 6.47. The Balaban J connectivity index is 2.11. The Hall–Kier alpha value is -2.01. The first-order chi connectivity index (χ1) is 8.99. The van der Waals surface area contributed by atoms with Crippen LogP contribution in [0.4, 0.5) is 10.1 Å². The number of carbonyl (C=O) groups is 1. The van der Waals surface area contributed by atoms with Crippen molar-refractivity contribution < 1.29 is 13.9 Å². The van der Waals surface area contributed by atoms with Crippen LogP contribution >= 0.6 is 11.6 Å². The lowest BCUT2D eigenvalue weighted by Gasteiger charge is -2.07. The summed E-state index contributed by atoms with van der Waals surface area (Å²) in [5, 5.41) is 0.221. The van der Waals surface area contributed by atoms with Crippen molar-refractivity contribution in [2.24, 2.45) is 7.05 Å². The van der Waals surface area contributed by atoms with E-state index in [0.717, 1.165) is 0 Å². The zero-order chi connectivity index (χ0) is 14.0. The number of nitrogens with two attached hydrogens (primary N) is 1. The number of aromatic nitrogens is 1. The molecule has 19 heavy (non-hydrogen) atoms. The predicted molar refractivity (Wildman–Crippen MR) is 70.4 cm³/mol. The van der Waals surface area contributed by atoms with Gasteiger partial charge in [0.15, 0.2) is 0 Å². The third kappa shape index (κ3) is 2.88. The number of halogens is 2. The van der Waals surface area contributed by atoms with Gasteiger partial charge in [-0.05, 0) is 18.2 Å². The summed E-state index contributed by atoms with van der Waals surface area (Å²) in [4.78, 5) is 11.8. The summed E-state index contributed by atoms with van der Waals surface area (Å²) in [6, 6.07) is 5.77. The molecule has 0 saturated heterocycles. The molecule has 0 saturated carbocycles. The van der Waals surface area contributed by atoms with Gasteiger partial charge in [0.2, 0.25) is 0 Å². The van der Waals surface area contributed by atoms with Crippen LogP contribution in [-0.4, -0.2) is 10.5 Å². The van der Waals surface area contributed by atoms with Gasteiger partial charge in [-0.1, -0.05) is 17.7 Å². The highest BCUT2D eigenvalue weighted by Gasteiger charge is 2.14. The summed E-state index contributed by atoms with van der Waals surface area (Å²) >= 11 is 5.84. The Labute approximate surface area is 114 Å². The van der Waals surface area contributed by atoms with E-state index < -0.39 is 11.8 Å². The number of ether oxygens (including phenoxy) is 1. The zero-order valence-corrected chi connectivity index (χ0v) is 10.9. The molecule has 0 bridgehead atoms. The average Bonchev–Trinajstić information content (AvgIpc) is 2.67. The molecule has 2 N–H and O–H groups in total. The van der Waals surface area contributed by atoms with E-state index >= 15 is 0 Å². The van der Waals surface area contributed by atoms with Gasteiger partial charge in [0.25, 0.3) is 0 Å². The second kappa shape index (κ2) is 5.32. The van der Waals surface area contributed by atoms with Crippen molar-refractivity contribution in [3.8, 4) is 0 Å². The van der Waals surface area contributed by atoms with Crippen LogP contribution in [0.5, 0.6) is 0 Å². The molecule has 0 radical (unpaired) electrons. The first-order valence-corrected chi connectivity index (χ1v) is 5.88.